The second kappa shape index (κ2) is 8.87. The van der Waals surface area contributed by atoms with Crippen LogP contribution in [0.4, 0.5) is 11.6 Å². The number of pyridine rings is 1. The Morgan fingerprint density at radius 3 is 2.39 bits per heavy atom. The number of carbonyl (C=O) groups excluding carboxylic acids is 1. The minimum atomic E-state index is -3.88. The Balaban J connectivity index is 1.39. The second-order valence-electron chi connectivity index (χ2n) is 7.43. The minimum Gasteiger partial charge on any atom is -0.480 e. The third-order valence-electron chi connectivity index (χ3n) is 4.58. The Kier molecular flexibility index (Phi) is 5.97. The molecule has 3 heterocycles. The summed E-state index contributed by atoms with van der Waals surface area (Å²) in [6.45, 7) is 5.16. The van der Waals surface area contributed by atoms with Gasteiger partial charge in [0.05, 0.1) is 10.6 Å². The molecule has 0 unspecified atom stereocenters. The topological polar surface area (TPSA) is 128 Å². The van der Waals surface area contributed by atoms with Gasteiger partial charge < -0.3 is 14.5 Å². The zero-order chi connectivity index (χ0) is 23.6. The van der Waals surface area contributed by atoms with Gasteiger partial charge in [0.25, 0.3) is 15.9 Å². The summed E-state index contributed by atoms with van der Waals surface area (Å²) < 4.78 is 35.0. The molecule has 4 rings (SSSR count). The predicted octanol–water partition coefficient (Wildman–Crippen LogP) is 2.87. The predicted molar refractivity (Wildman–Crippen MR) is 123 cm³/mol. The highest BCUT2D eigenvalue weighted by Gasteiger charge is 2.16. The van der Waals surface area contributed by atoms with Gasteiger partial charge in [-0.15, -0.1) is 0 Å². The molecule has 0 aliphatic carbocycles. The number of nitrogens with zero attached hydrogens (tertiary/aromatic N) is 4. The number of hydrogen-bond donors (Lipinski definition) is 2. The molecule has 0 fully saturated rings. The molecule has 0 bridgehead atoms. The highest BCUT2D eigenvalue weighted by Crippen LogP contribution is 2.20. The number of aromatic nitrogens is 4. The summed E-state index contributed by atoms with van der Waals surface area (Å²) in [4.78, 5) is 24.9. The molecule has 4 aromatic rings. The number of ether oxygens (including phenoxy) is 1. The van der Waals surface area contributed by atoms with Crippen molar-refractivity contribution in [1.82, 2.24) is 19.4 Å². The first-order valence-corrected chi connectivity index (χ1v) is 11.5. The van der Waals surface area contributed by atoms with Gasteiger partial charge in [-0.25, -0.2) is 28.1 Å². The van der Waals surface area contributed by atoms with Crippen LogP contribution < -0.4 is 14.8 Å². The van der Waals surface area contributed by atoms with E-state index in [1.54, 1.807) is 32.0 Å². The van der Waals surface area contributed by atoms with Gasteiger partial charge in [0, 0.05) is 29.5 Å². The molecule has 0 saturated carbocycles. The highest BCUT2D eigenvalue weighted by molar-refractivity contribution is 7.92. The summed E-state index contributed by atoms with van der Waals surface area (Å²) in [5, 5.41) is 2.68. The van der Waals surface area contributed by atoms with Crippen LogP contribution in [-0.2, 0) is 14.8 Å². The number of rotatable bonds is 7. The van der Waals surface area contributed by atoms with E-state index in [0.717, 1.165) is 5.69 Å². The number of imidazole rings is 1. The van der Waals surface area contributed by atoms with E-state index in [4.69, 9.17) is 4.74 Å². The van der Waals surface area contributed by atoms with Gasteiger partial charge >= 0.3 is 0 Å². The standard InChI is InChI=1S/C22H22N6O4S/c1-14-11-15(2)25-22(24-14)27-33(30,31)18-8-6-17(7-9-18)26-20(29)13-32-19-5-4-10-28-12-16(3)23-21(19)28/h4-12H,13H2,1-3H3,(H,26,29)(H,24,25,27). The van der Waals surface area contributed by atoms with Crippen LogP contribution in [0.25, 0.3) is 5.65 Å². The smallest absolute Gasteiger partial charge is 0.264 e. The van der Waals surface area contributed by atoms with E-state index in [-0.39, 0.29) is 17.5 Å². The molecule has 3 aromatic heterocycles. The van der Waals surface area contributed by atoms with Crippen LogP contribution >= 0.6 is 0 Å². The summed E-state index contributed by atoms with van der Waals surface area (Å²) in [6.07, 6.45) is 3.71. The summed E-state index contributed by atoms with van der Waals surface area (Å²) in [5.74, 6) is 0.101. The number of carbonyl (C=O) groups is 1. The van der Waals surface area contributed by atoms with Crippen LogP contribution in [-0.4, -0.2) is 40.3 Å². The van der Waals surface area contributed by atoms with Gasteiger partial charge in [0.2, 0.25) is 5.95 Å². The number of fused-ring (bicyclic) bond motifs is 1. The number of sulfonamides is 1. The van der Waals surface area contributed by atoms with E-state index >= 15 is 0 Å². The fourth-order valence-corrected chi connectivity index (χ4v) is 4.17. The van der Waals surface area contributed by atoms with E-state index in [1.165, 1.54) is 24.3 Å². The second-order valence-corrected chi connectivity index (χ2v) is 9.11. The lowest BCUT2D eigenvalue weighted by Crippen LogP contribution is -2.20. The lowest BCUT2D eigenvalue weighted by molar-refractivity contribution is -0.118. The largest absolute Gasteiger partial charge is 0.480 e. The van der Waals surface area contributed by atoms with Crippen LogP contribution in [0.5, 0.6) is 5.75 Å². The van der Waals surface area contributed by atoms with Gasteiger partial charge in [-0.2, -0.15) is 0 Å². The molecule has 0 saturated heterocycles. The van der Waals surface area contributed by atoms with Crippen molar-refractivity contribution in [2.75, 3.05) is 16.6 Å². The Bertz CT molecular complexity index is 1410. The van der Waals surface area contributed by atoms with Gasteiger partial charge in [-0.1, -0.05) is 0 Å². The van der Waals surface area contributed by atoms with E-state index in [2.05, 4.69) is 25.0 Å². The zero-order valence-electron chi connectivity index (χ0n) is 18.2. The molecule has 0 spiro atoms. The fourth-order valence-electron chi connectivity index (χ4n) is 3.23. The summed E-state index contributed by atoms with van der Waals surface area (Å²) >= 11 is 0. The van der Waals surface area contributed by atoms with Crippen LogP contribution in [0, 0.1) is 20.8 Å². The molecule has 0 aliphatic heterocycles. The summed E-state index contributed by atoms with van der Waals surface area (Å²) in [6, 6.07) is 11.0. The maximum Gasteiger partial charge on any atom is 0.264 e. The first-order valence-electron chi connectivity index (χ1n) is 10.0. The normalized spacial score (nSPS) is 11.4. The van der Waals surface area contributed by atoms with Crippen LogP contribution in [0.15, 0.2) is 59.8 Å². The number of nitrogens with one attached hydrogen (secondary N) is 2. The Hall–Kier alpha value is -3.99. The van der Waals surface area contributed by atoms with Crippen molar-refractivity contribution in [2.45, 2.75) is 25.7 Å². The first kappa shape index (κ1) is 22.2. The Morgan fingerprint density at radius 1 is 1.00 bits per heavy atom. The van der Waals surface area contributed by atoms with Crippen molar-refractivity contribution in [3.63, 3.8) is 0 Å². The molecule has 0 radical (unpaired) electrons. The lowest BCUT2D eigenvalue weighted by atomic mass is 10.3. The summed E-state index contributed by atoms with van der Waals surface area (Å²) in [5.41, 5.74) is 3.20. The molecule has 10 nitrogen and oxygen atoms in total. The molecule has 0 aliphatic rings. The lowest BCUT2D eigenvalue weighted by Gasteiger charge is -2.10. The number of aryl methyl sites for hydroxylation is 3. The van der Waals surface area contributed by atoms with Crippen LogP contribution in [0.2, 0.25) is 0 Å². The van der Waals surface area contributed by atoms with Crippen molar-refractivity contribution in [3.05, 3.63) is 71.9 Å². The monoisotopic (exact) mass is 466 g/mol. The molecule has 2 N–H and O–H groups in total. The van der Waals surface area contributed by atoms with Gasteiger partial charge in [-0.3, -0.25) is 4.79 Å². The van der Waals surface area contributed by atoms with Gasteiger partial charge in [0.1, 0.15) is 0 Å². The van der Waals surface area contributed by atoms with Gasteiger partial charge in [0.15, 0.2) is 18.0 Å². The maximum absolute atomic E-state index is 12.6. The van der Waals surface area contributed by atoms with Crippen LogP contribution in [0.1, 0.15) is 17.1 Å². The SMILES string of the molecule is Cc1cc(C)nc(NS(=O)(=O)c2ccc(NC(=O)COc3cccn4cc(C)nc34)cc2)n1. The highest BCUT2D eigenvalue weighted by atomic mass is 32.2. The van der Waals surface area contributed by atoms with Crippen molar-refractivity contribution >= 4 is 33.2 Å². The van der Waals surface area contributed by atoms with E-state index < -0.39 is 15.9 Å². The van der Waals surface area contributed by atoms with Crippen molar-refractivity contribution in [1.29, 1.82) is 0 Å². The molecule has 170 valence electrons. The van der Waals surface area contributed by atoms with Crippen molar-refractivity contribution in [2.24, 2.45) is 0 Å². The van der Waals surface area contributed by atoms with Gasteiger partial charge in [-0.05, 0) is 63.2 Å². The molecular formula is C22H22N6O4S. The third-order valence-corrected chi connectivity index (χ3v) is 5.93. The molecule has 1 aromatic carbocycles. The quantitative estimate of drug-likeness (QED) is 0.429. The Morgan fingerprint density at radius 2 is 1.70 bits per heavy atom. The number of hydrogen-bond acceptors (Lipinski definition) is 7. The van der Waals surface area contributed by atoms with E-state index in [9.17, 15) is 13.2 Å². The third kappa shape index (κ3) is 5.26. The molecular weight excluding hydrogens is 444 g/mol. The molecule has 1 amide bonds. The molecule has 0 atom stereocenters. The summed E-state index contributed by atoms with van der Waals surface area (Å²) in [7, 11) is -3.88. The number of anilines is 2. The van der Waals surface area contributed by atoms with Crippen LogP contribution in [0.3, 0.4) is 0 Å². The number of benzene rings is 1. The number of amides is 1. The van der Waals surface area contributed by atoms with E-state index in [1.807, 2.05) is 23.7 Å². The average Bonchev–Trinajstić information content (AvgIpc) is 3.12. The molecule has 33 heavy (non-hydrogen) atoms. The average molecular weight is 467 g/mol. The minimum absolute atomic E-state index is 0.00437. The first-order chi connectivity index (χ1) is 15.7. The molecule has 11 heteroatoms. The Labute approximate surface area is 190 Å². The maximum atomic E-state index is 12.6. The zero-order valence-corrected chi connectivity index (χ0v) is 19.0. The fraction of sp³-hybridized carbons (Fsp3) is 0.182. The van der Waals surface area contributed by atoms with Crippen molar-refractivity contribution in [3.8, 4) is 5.75 Å². The van der Waals surface area contributed by atoms with E-state index in [0.29, 0.717) is 28.5 Å². The van der Waals surface area contributed by atoms with Crippen molar-refractivity contribution < 1.29 is 17.9 Å².